The van der Waals surface area contributed by atoms with Crippen LogP contribution in [-0.4, -0.2) is 19.7 Å². The topological polar surface area (TPSA) is 21.3 Å². The molecule has 102 valence electrons. The Hall–Kier alpha value is -1.02. The van der Waals surface area contributed by atoms with Crippen LogP contribution >= 0.6 is 0 Å². The fourth-order valence-electron chi connectivity index (χ4n) is 2.37. The Morgan fingerprint density at radius 3 is 2.61 bits per heavy atom. The molecule has 18 heavy (non-hydrogen) atoms. The van der Waals surface area contributed by atoms with Gasteiger partial charge in [-0.1, -0.05) is 31.5 Å². The largest absolute Gasteiger partial charge is 0.496 e. The predicted octanol–water partition coefficient (Wildman–Crippen LogP) is 3.89. The van der Waals surface area contributed by atoms with E-state index in [1.807, 2.05) is 0 Å². The highest BCUT2D eigenvalue weighted by atomic mass is 16.5. The van der Waals surface area contributed by atoms with Crippen LogP contribution in [0.25, 0.3) is 0 Å². The average Bonchev–Trinajstić information content (AvgIpc) is 2.36. The number of aryl methyl sites for hydroxylation is 1. The quantitative estimate of drug-likeness (QED) is 0.791. The van der Waals surface area contributed by atoms with Crippen LogP contribution in [0.4, 0.5) is 0 Å². The molecule has 0 bridgehead atoms. The first-order valence-corrected chi connectivity index (χ1v) is 6.96. The third-order valence-corrected chi connectivity index (χ3v) is 3.37. The molecule has 2 atom stereocenters. The van der Waals surface area contributed by atoms with Gasteiger partial charge in [0, 0.05) is 6.04 Å². The molecule has 0 heterocycles. The minimum Gasteiger partial charge on any atom is -0.496 e. The average molecular weight is 249 g/mol. The number of hydrogen-bond donors (Lipinski definition) is 1. The second-order valence-electron chi connectivity index (χ2n) is 5.24. The molecule has 1 aromatic rings. The highest BCUT2D eigenvalue weighted by Gasteiger charge is 2.14. The molecule has 0 amide bonds. The molecule has 1 aromatic carbocycles. The molecule has 0 spiro atoms. The van der Waals surface area contributed by atoms with E-state index in [1.165, 1.54) is 17.5 Å². The molecule has 0 aliphatic rings. The van der Waals surface area contributed by atoms with E-state index in [1.54, 1.807) is 7.11 Å². The molecule has 1 rings (SSSR count). The summed E-state index contributed by atoms with van der Waals surface area (Å²) in [6.07, 6.45) is 2.33. The van der Waals surface area contributed by atoms with Crippen molar-refractivity contribution in [3.8, 4) is 5.75 Å². The van der Waals surface area contributed by atoms with Crippen LogP contribution in [-0.2, 0) is 0 Å². The van der Waals surface area contributed by atoms with E-state index in [2.05, 4.69) is 51.2 Å². The zero-order valence-corrected chi connectivity index (χ0v) is 12.4. The van der Waals surface area contributed by atoms with E-state index < -0.39 is 0 Å². The Labute approximate surface area is 112 Å². The lowest BCUT2D eigenvalue weighted by atomic mass is 9.92. The number of nitrogens with one attached hydrogen (secondary N) is 1. The molecule has 0 aliphatic heterocycles. The summed E-state index contributed by atoms with van der Waals surface area (Å²) in [5.74, 6) is 1.52. The monoisotopic (exact) mass is 249 g/mol. The first kappa shape index (κ1) is 15.0. The predicted molar refractivity (Wildman–Crippen MR) is 78.5 cm³/mol. The van der Waals surface area contributed by atoms with Crippen LogP contribution in [0.2, 0.25) is 0 Å². The van der Waals surface area contributed by atoms with Crippen molar-refractivity contribution in [2.45, 2.75) is 52.5 Å². The van der Waals surface area contributed by atoms with E-state index in [4.69, 9.17) is 4.74 Å². The molecule has 1 N–H and O–H groups in total. The maximum atomic E-state index is 5.46. The van der Waals surface area contributed by atoms with Crippen LogP contribution in [0.3, 0.4) is 0 Å². The van der Waals surface area contributed by atoms with Gasteiger partial charge in [-0.3, -0.25) is 0 Å². The molecule has 0 radical (unpaired) electrons. The van der Waals surface area contributed by atoms with Gasteiger partial charge in [0.2, 0.25) is 0 Å². The highest BCUT2D eigenvalue weighted by molar-refractivity contribution is 5.39. The normalized spacial score (nSPS) is 14.3. The smallest absolute Gasteiger partial charge is 0.122 e. The van der Waals surface area contributed by atoms with Gasteiger partial charge < -0.3 is 10.1 Å². The van der Waals surface area contributed by atoms with Gasteiger partial charge in [0.15, 0.2) is 0 Å². The van der Waals surface area contributed by atoms with E-state index in [0.29, 0.717) is 12.0 Å². The Bertz CT molecular complexity index is 362. The summed E-state index contributed by atoms with van der Waals surface area (Å²) in [7, 11) is 1.75. The SMILES string of the molecule is CCCNC(C)CC(C)c1cc(C)ccc1OC. The van der Waals surface area contributed by atoms with Gasteiger partial charge in [0.1, 0.15) is 5.75 Å². The van der Waals surface area contributed by atoms with Crippen LogP contribution in [0.15, 0.2) is 18.2 Å². The van der Waals surface area contributed by atoms with Crippen molar-refractivity contribution < 1.29 is 4.74 Å². The Morgan fingerprint density at radius 2 is 2.00 bits per heavy atom. The number of hydrogen-bond acceptors (Lipinski definition) is 2. The molecule has 2 nitrogen and oxygen atoms in total. The molecular weight excluding hydrogens is 222 g/mol. The molecule has 0 aliphatic carbocycles. The van der Waals surface area contributed by atoms with Crippen molar-refractivity contribution in [1.82, 2.24) is 5.32 Å². The Kier molecular flexibility index (Phi) is 6.20. The second kappa shape index (κ2) is 7.42. The Morgan fingerprint density at radius 1 is 1.28 bits per heavy atom. The summed E-state index contributed by atoms with van der Waals surface area (Å²) in [6.45, 7) is 9.97. The van der Waals surface area contributed by atoms with E-state index in [0.717, 1.165) is 18.7 Å². The number of rotatable bonds is 7. The summed E-state index contributed by atoms with van der Waals surface area (Å²) < 4.78 is 5.46. The zero-order chi connectivity index (χ0) is 13.5. The number of ether oxygens (including phenoxy) is 1. The zero-order valence-electron chi connectivity index (χ0n) is 12.4. The lowest BCUT2D eigenvalue weighted by Crippen LogP contribution is -2.28. The molecular formula is C16H27NO. The number of methoxy groups -OCH3 is 1. The van der Waals surface area contributed by atoms with Crippen LogP contribution in [0, 0.1) is 6.92 Å². The third kappa shape index (κ3) is 4.34. The first-order valence-electron chi connectivity index (χ1n) is 6.96. The standard InChI is InChI=1S/C16H27NO/c1-6-9-17-14(4)11-13(3)15-10-12(2)7-8-16(15)18-5/h7-8,10,13-14,17H,6,9,11H2,1-5H3. The summed E-state index contributed by atoms with van der Waals surface area (Å²) in [4.78, 5) is 0. The lowest BCUT2D eigenvalue weighted by Gasteiger charge is -2.21. The van der Waals surface area contributed by atoms with Gasteiger partial charge in [0.05, 0.1) is 7.11 Å². The molecule has 2 heteroatoms. The van der Waals surface area contributed by atoms with Crippen LogP contribution in [0.1, 0.15) is 50.7 Å². The van der Waals surface area contributed by atoms with Crippen molar-refractivity contribution in [2.75, 3.05) is 13.7 Å². The van der Waals surface area contributed by atoms with Crippen molar-refractivity contribution in [3.05, 3.63) is 29.3 Å². The fraction of sp³-hybridized carbons (Fsp3) is 0.625. The summed E-state index contributed by atoms with van der Waals surface area (Å²) in [5, 5.41) is 3.54. The second-order valence-corrected chi connectivity index (χ2v) is 5.24. The number of benzene rings is 1. The summed E-state index contributed by atoms with van der Waals surface area (Å²) in [5.41, 5.74) is 2.62. The Balaban J connectivity index is 2.70. The minimum atomic E-state index is 0.513. The van der Waals surface area contributed by atoms with Gasteiger partial charge in [-0.2, -0.15) is 0 Å². The molecule has 0 aromatic heterocycles. The third-order valence-electron chi connectivity index (χ3n) is 3.37. The van der Waals surface area contributed by atoms with Gasteiger partial charge in [-0.05, 0) is 50.8 Å². The maximum absolute atomic E-state index is 5.46. The van der Waals surface area contributed by atoms with Crippen molar-refractivity contribution in [2.24, 2.45) is 0 Å². The fourth-order valence-corrected chi connectivity index (χ4v) is 2.37. The minimum absolute atomic E-state index is 0.513. The first-order chi connectivity index (χ1) is 8.58. The van der Waals surface area contributed by atoms with Crippen LogP contribution < -0.4 is 10.1 Å². The van der Waals surface area contributed by atoms with E-state index >= 15 is 0 Å². The molecule has 2 unspecified atom stereocenters. The van der Waals surface area contributed by atoms with Gasteiger partial charge >= 0.3 is 0 Å². The van der Waals surface area contributed by atoms with Crippen molar-refractivity contribution >= 4 is 0 Å². The van der Waals surface area contributed by atoms with Crippen LogP contribution in [0.5, 0.6) is 5.75 Å². The molecule has 0 fully saturated rings. The van der Waals surface area contributed by atoms with Gasteiger partial charge in [-0.15, -0.1) is 0 Å². The summed E-state index contributed by atoms with van der Waals surface area (Å²) >= 11 is 0. The van der Waals surface area contributed by atoms with Crippen molar-refractivity contribution in [3.63, 3.8) is 0 Å². The van der Waals surface area contributed by atoms with Gasteiger partial charge in [-0.25, -0.2) is 0 Å². The van der Waals surface area contributed by atoms with E-state index in [-0.39, 0.29) is 0 Å². The maximum Gasteiger partial charge on any atom is 0.122 e. The molecule has 0 saturated carbocycles. The molecule has 0 saturated heterocycles. The van der Waals surface area contributed by atoms with E-state index in [9.17, 15) is 0 Å². The summed E-state index contributed by atoms with van der Waals surface area (Å²) in [6, 6.07) is 6.97. The van der Waals surface area contributed by atoms with Gasteiger partial charge in [0.25, 0.3) is 0 Å². The lowest BCUT2D eigenvalue weighted by molar-refractivity contribution is 0.400. The highest BCUT2D eigenvalue weighted by Crippen LogP contribution is 2.30. The van der Waals surface area contributed by atoms with Crippen molar-refractivity contribution in [1.29, 1.82) is 0 Å².